The molecule has 15 heteroatoms. The van der Waals surface area contributed by atoms with Crippen LogP contribution in [0.5, 0.6) is 0 Å². The first-order valence-electron chi connectivity index (χ1n) is 10.9. The van der Waals surface area contributed by atoms with E-state index in [4.69, 9.17) is 9.57 Å². The molecule has 1 aliphatic rings. The maximum Gasteiger partial charge on any atom is 0.283 e. The molecule has 0 spiro atoms. The Balaban J connectivity index is 1.61. The number of carbonyl (C=O) groups is 1. The Kier molecular flexibility index (Phi) is 7.94. The Morgan fingerprint density at radius 2 is 1.74 bits per heavy atom. The lowest BCUT2D eigenvalue weighted by atomic mass is 9.99. The van der Waals surface area contributed by atoms with E-state index in [1.54, 1.807) is 0 Å². The molecule has 5 N–H and O–H groups in total. The highest BCUT2D eigenvalue weighted by atomic mass is 19.3. The second-order valence-corrected chi connectivity index (χ2v) is 8.19. The molecule has 1 saturated heterocycles. The minimum Gasteiger partial charge on any atom is -0.394 e. The molecule has 0 saturated carbocycles. The van der Waals surface area contributed by atoms with Crippen molar-refractivity contribution in [3.8, 4) is 11.1 Å². The van der Waals surface area contributed by atoms with E-state index in [0.717, 1.165) is 6.20 Å². The molecule has 0 radical (unpaired) electrons. The largest absolute Gasteiger partial charge is 0.394 e. The van der Waals surface area contributed by atoms with E-state index in [9.17, 15) is 47.2 Å². The minimum absolute atomic E-state index is 0.0437. The fourth-order valence-corrected chi connectivity index (χ4v) is 3.76. The first kappa shape index (κ1) is 27.4. The second kappa shape index (κ2) is 11.0. The van der Waals surface area contributed by atoms with Crippen molar-refractivity contribution < 1.29 is 56.7 Å². The smallest absolute Gasteiger partial charge is 0.283 e. The van der Waals surface area contributed by atoms with Gasteiger partial charge in [-0.1, -0.05) is 18.2 Å². The van der Waals surface area contributed by atoms with Gasteiger partial charge in [-0.3, -0.25) is 4.79 Å². The van der Waals surface area contributed by atoms with Crippen LogP contribution in [0.4, 0.5) is 27.6 Å². The van der Waals surface area contributed by atoms with Gasteiger partial charge in [0.15, 0.2) is 17.5 Å². The molecule has 3 aromatic rings. The molecule has 2 heterocycles. The summed E-state index contributed by atoms with van der Waals surface area (Å²) in [7, 11) is 0. The van der Waals surface area contributed by atoms with Crippen LogP contribution in [0, 0.1) is 17.5 Å². The molecular formula is C23H20F5N3O7. The summed E-state index contributed by atoms with van der Waals surface area (Å²) in [5.41, 5.74) is -1.92. The number of amides is 1. The van der Waals surface area contributed by atoms with Crippen LogP contribution < -0.4 is 10.2 Å². The van der Waals surface area contributed by atoms with Gasteiger partial charge >= 0.3 is 0 Å². The highest BCUT2D eigenvalue weighted by Crippen LogP contribution is 2.31. The molecule has 1 fully saturated rings. The first-order chi connectivity index (χ1) is 18.0. The summed E-state index contributed by atoms with van der Waals surface area (Å²) in [5.74, 6) is -5.79. The number of alkyl halides is 2. The van der Waals surface area contributed by atoms with Crippen molar-refractivity contribution >= 4 is 11.6 Å². The van der Waals surface area contributed by atoms with Gasteiger partial charge in [-0.2, -0.15) is 0 Å². The van der Waals surface area contributed by atoms with Crippen molar-refractivity contribution in [2.24, 2.45) is 0 Å². The number of rotatable bonds is 7. The number of aromatic nitrogens is 2. The van der Waals surface area contributed by atoms with Gasteiger partial charge in [0, 0.05) is 11.3 Å². The highest BCUT2D eigenvalue weighted by molar-refractivity contribution is 6.06. The number of carbonyl (C=O) groups excluding carboxylic acids is 1. The van der Waals surface area contributed by atoms with Crippen molar-refractivity contribution in [3.63, 3.8) is 0 Å². The lowest BCUT2D eigenvalue weighted by Gasteiger charge is -2.38. The summed E-state index contributed by atoms with van der Waals surface area (Å²) < 4.78 is 73.4. The topological polar surface area (TPSA) is 146 Å². The average Bonchev–Trinajstić information content (AvgIpc) is 3.32. The van der Waals surface area contributed by atoms with Crippen molar-refractivity contribution in [3.05, 3.63) is 71.3 Å². The summed E-state index contributed by atoms with van der Waals surface area (Å²) in [6.07, 6.45) is -11.1. The second-order valence-electron chi connectivity index (χ2n) is 8.19. The first-order valence-corrected chi connectivity index (χ1v) is 10.9. The Hall–Kier alpha value is -3.63. The number of aliphatic hydroxyl groups excluding tert-OH is 4. The Morgan fingerprint density at radius 1 is 1.08 bits per heavy atom. The van der Waals surface area contributed by atoms with Gasteiger partial charge in [0.2, 0.25) is 0 Å². The van der Waals surface area contributed by atoms with Crippen LogP contribution in [0.2, 0.25) is 0 Å². The molecular weight excluding hydrogens is 525 g/mol. The van der Waals surface area contributed by atoms with E-state index in [0.29, 0.717) is 17.0 Å². The minimum atomic E-state index is -3.29. The maximum atomic E-state index is 13.8. The zero-order valence-electron chi connectivity index (χ0n) is 19.0. The quantitative estimate of drug-likeness (QED) is 0.221. The molecule has 1 aromatic heterocycles. The van der Waals surface area contributed by atoms with Gasteiger partial charge in [-0.15, -0.1) is 9.94 Å². The van der Waals surface area contributed by atoms with Crippen molar-refractivity contribution in [1.29, 1.82) is 0 Å². The average molecular weight is 545 g/mol. The zero-order valence-corrected chi connectivity index (χ0v) is 19.0. The van der Waals surface area contributed by atoms with Gasteiger partial charge in [-0.05, 0) is 23.8 Å². The maximum absolute atomic E-state index is 13.8. The van der Waals surface area contributed by atoms with Crippen molar-refractivity contribution in [2.75, 3.05) is 11.9 Å². The van der Waals surface area contributed by atoms with Crippen LogP contribution in [0.3, 0.4) is 0 Å². The van der Waals surface area contributed by atoms with E-state index in [1.807, 2.05) is 0 Å². The lowest BCUT2D eigenvalue weighted by molar-refractivity contribution is -0.303. The fourth-order valence-electron chi connectivity index (χ4n) is 3.76. The number of aliphatic hydroxyl groups is 4. The standard InChI is InChI=1S/C23H20F5N3O7/c24-12-5-9(6-13(25)16(12)26)10-3-1-2-4-14(10)29-22(36)11-7-31(30-17(11)21(27)28)38-23-20(35)19(34)18(33)15(8-32)37-23/h1-7,15,18-21,23,32-35H,8H2,(H,29,36)/t15-,18-,19+,20-,23+/m0/s1. The predicted molar refractivity (Wildman–Crippen MR) is 117 cm³/mol. The van der Waals surface area contributed by atoms with E-state index >= 15 is 0 Å². The number of halogens is 5. The van der Waals surface area contributed by atoms with E-state index in [1.165, 1.54) is 24.3 Å². The Bertz CT molecular complexity index is 1300. The summed E-state index contributed by atoms with van der Waals surface area (Å²) in [4.78, 5) is 18.4. The monoisotopic (exact) mass is 545 g/mol. The highest BCUT2D eigenvalue weighted by Gasteiger charge is 2.45. The number of ether oxygens (including phenoxy) is 1. The van der Waals surface area contributed by atoms with Gasteiger partial charge in [0.1, 0.15) is 30.1 Å². The molecule has 38 heavy (non-hydrogen) atoms. The summed E-state index contributed by atoms with van der Waals surface area (Å²) in [6.45, 7) is -0.777. The normalized spacial score (nSPS) is 23.5. The molecule has 204 valence electrons. The van der Waals surface area contributed by atoms with E-state index in [2.05, 4.69) is 10.4 Å². The van der Waals surface area contributed by atoms with Crippen LogP contribution in [0.25, 0.3) is 11.1 Å². The number of para-hydroxylation sites is 1. The third-order valence-electron chi connectivity index (χ3n) is 5.70. The van der Waals surface area contributed by atoms with Crippen LogP contribution in [0.15, 0.2) is 42.6 Å². The van der Waals surface area contributed by atoms with E-state index < -0.39 is 78.4 Å². The SMILES string of the molecule is O=C(Nc1ccccc1-c1cc(F)c(F)c(F)c1)c1cn(O[C@H]2O[C@@H](CO)[C@H](O)[C@@H](O)[C@@H]2O)nc1C(F)F. The molecule has 0 unspecified atom stereocenters. The molecule has 0 aliphatic carbocycles. The van der Waals surface area contributed by atoms with Crippen LogP contribution in [0.1, 0.15) is 22.5 Å². The fraction of sp³-hybridized carbons (Fsp3) is 0.304. The summed E-state index contributed by atoms with van der Waals surface area (Å²) in [6, 6.07) is 6.95. The molecule has 10 nitrogen and oxygen atoms in total. The van der Waals surface area contributed by atoms with Gasteiger partial charge < -0.3 is 35.3 Å². The number of nitrogens with one attached hydrogen (secondary N) is 1. The molecule has 5 atom stereocenters. The predicted octanol–water partition coefficient (Wildman–Crippen LogP) is 1.39. The number of nitrogens with zero attached hydrogens (tertiary/aromatic N) is 2. The van der Waals surface area contributed by atoms with Gasteiger partial charge in [-0.25, -0.2) is 22.0 Å². The zero-order chi connectivity index (χ0) is 27.7. The molecule has 2 aromatic carbocycles. The van der Waals surface area contributed by atoms with Crippen molar-refractivity contribution in [1.82, 2.24) is 9.94 Å². The summed E-state index contributed by atoms with van der Waals surface area (Å²) >= 11 is 0. The van der Waals surface area contributed by atoms with Gasteiger partial charge in [0.25, 0.3) is 18.6 Å². The van der Waals surface area contributed by atoms with Crippen LogP contribution >= 0.6 is 0 Å². The van der Waals surface area contributed by atoms with E-state index in [-0.39, 0.29) is 16.8 Å². The van der Waals surface area contributed by atoms with Gasteiger partial charge in [0.05, 0.1) is 18.4 Å². The summed E-state index contributed by atoms with van der Waals surface area (Å²) in [5, 5.41) is 44.8. The third-order valence-corrected chi connectivity index (χ3v) is 5.70. The molecule has 1 amide bonds. The Morgan fingerprint density at radius 3 is 2.37 bits per heavy atom. The Labute approximate surface area is 210 Å². The van der Waals surface area contributed by atoms with Crippen LogP contribution in [-0.4, -0.2) is 73.6 Å². The number of hydrogen-bond donors (Lipinski definition) is 5. The molecule has 1 aliphatic heterocycles. The number of benzene rings is 2. The molecule has 0 bridgehead atoms. The lowest BCUT2D eigenvalue weighted by Crippen LogP contribution is -2.61. The molecule has 4 rings (SSSR count). The van der Waals surface area contributed by atoms with Crippen LogP contribution in [-0.2, 0) is 4.74 Å². The number of anilines is 1. The third kappa shape index (κ3) is 5.32. The number of hydrogen-bond acceptors (Lipinski definition) is 8. The van der Waals surface area contributed by atoms with Crippen molar-refractivity contribution in [2.45, 2.75) is 37.1 Å².